The molecule has 0 aromatic rings. The average Bonchev–Trinajstić information content (AvgIpc) is 2.70. The van der Waals surface area contributed by atoms with Gasteiger partial charge in [-0.05, 0) is 51.7 Å². The Labute approximate surface area is 94.0 Å². The van der Waals surface area contributed by atoms with E-state index in [0.29, 0.717) is 12.0 Å². The normalized spacial score (nSPS) is 23.6. The van der Waals surface area contributed by atoms with Crippen LogP contribution >= 0.6 is 0 Å². The quantitative estimate of drug-likeness (QED) is 0.697. The lowest BCUT2D eigenvalue weighted by molar-refractivity contribution is 0.0805. The predicted molar refractivity (Wildman–Crippen MR) is 63.9 cm³/mol. The van der Waals surface area contributed by atoms with Crippen LogP contribution in [0, 0.1) is 5.92 Å². The lowest BCUT2D eigenvalue weighted by Gasteiger charge is -2.20. The Morgan fingerprint density at radius 1 is 1.53 bits per heavy atom. The summed E-state index contributed by atoms with van der Waals surface area (Å²) < 4.78 is 5.61. The smallest absolute Gasteiger partial charge is 0.0702 e. The molecule has 1 aliphatic rings. The number of ether oxygens (including phenoxy) is 1. The van der Waals surface area contributed by atoms with Gasteiger partial charge in [0.1, 0.15) is 0 Å². The zero-order valence-corrected chi connectivity index (χ0v) is 10.2. The van der Waals surface area contributed by atoms with Gasteiger partial charge in [-0.1, -0.05) is 6.92 Å². The van der Waals surface area contributed by atoms with Gasteiger partial charge in [0.05, 0.1) is 6.10 Å². The molecule has 3 nitrogen and oxygen atoms in total. The minimum atomic E-state index is 0.488. The molecule has 1 heterocycles. The number of likely N-dealkylation sites (N-methyl/N-ethyl adjacent to an activating group) is 1. The van der Waals surface area contributed by atoms with Gasteiger partial charge in [0.2, 0.25) is 0 Å². The van der Waals surface area contributed by atoms with Crippen LogP contribution in [-0.2, 0) is 4.74 Å². The van der Waals surface area contributed by atoms with Crippen LogP contribution in [0.2, 0.25) is 0 Å². The Hall–Kier alpha value is -0.120. The second kappa shape index (κ2) is 7.20. The summed E-state index contributed by atoms with van der Waals surface area (Å²) in [6.07, 6.45) is 5.46. The average molecular weight is 214 g/mol. The van der Waals surface area contributed by atoms with Crippen molar-refractivity contribution in [2.75, 3.05) is 33.3 Å². The highest BCUT2D eigenvalue weighted by molar-refractivity contribution is 4.68. The van der Waals surface area contributed by atoms with Crippen LogP contribution in [0.4, 0.5) is 0 Å². The highest BCUT2D eigenvalue weighted by atomic mass is 16.5. The van der Waals surface area contributed by atoms with E-state index in [9.17, 15) is 0 Å². The molecule has 0 aliphatic carbocycles. The first-order chi connectivity index (χ1) is 7.22. The molecule has 2 N–H and O–H groups in total. The molecule has 0 aromatic carbocycles. The SMILES string of the molecule is CC(CN)CCCN(C)CC1CCCO1. The van der Waals surface area contributed by atoms with E-state index in [1.807, 2.05) is 0 Å². The van der Waals surface area contributed by atoms with Crippen molar-refractivity contribution in [3.8, 4) is 0 Å². The van der Waals surface area contributed by atoms with Crippen molar-refractivity contribution in [2.24, 2.45) is 11.7 Å². The zero-order chi connectivity index (χ0) is 11.1. The van der Waals surface area contributed by atoms with Crippen molar-refractivity contribution in [1.82, 2.24) is 4.90 Å². The van der Waals surface area contributed by atoms with Crippen LogP contribution in [0.25, 0.3) is 0 Å². The fraction of sp³-hybridized carbons (Fsp3) is 1.00. The summed E-state index contributed by atoms with van der Waals surface area (Å²) in [4.78, 5) is 2.39. The van der Waals surface area contributed by atoms with Gasteiger partial charge in [-0.2, -0.15) is 0 Å². The second-order valence-corrected chi connectivity index (χ2v) is 4.88. The monoisotopic (exact) mass is 214 g/mol. The number of nitrogens with two attached hydrogens (primary N) is 1. The van der Waals surface area contributed by atoms with Crippen LogP contribution in [-0.4, -0.2) is 44.3 Å². The molecule has 0 spiro atoms. The largest absolute Gasteiger partial charge is 0.377 e. The topological polar surface area (TPSA) is 38.5 Å². The third kappa shape index (κ3) is 5.50. The number of hydrogen-bond donors (Lipinski definition) is 1. The minimum absolute atomic E-state index is 0.488. The van der Waals surface area contributed by atoms with Crippen molar-refractivity contribution in [2.45, 2.75) is 38.7 Å². The molecule has 3 heteroatoms. The lowest BCUT2D eigenvalue weighted by Crippen LogP contribution is -2.29. The van der Waals surface area contributed by atoms with E-state index in [4.69, 9.17) is 10.5 Å². The molecule has 1 aliphatic heterocycles. The summed E-state index contributed by atoms with van der Waals surface area (Å²) in [6.45, 7) is 6.26. The highest BCUT2D eigenvalue weighted by Gasteiger charge is 2.16. The molecule has 90 valence electrons. The van der Waals surface area contributed by atoms with E-state index in [-0.39, 0.29) is 0 Å². The molecule has 1 saturated heterocycles. The maximum Gasteiger partial charge on any atom is 0.0702 e. The fourth-order valence-corrected chi connectivity index (χ4v) is 2.05. The maximum absolute atomic E-state index is 5.61. The van der Waals surface area contributed by atoms with Gasteiger partial charge in [0.25, 0.3) is 0 Å². The van der Waals surface area contributed by atoms with Gasteiger partial charge in [0, 0.05) is 13.2 Å². The van der Waals surface area contributed by atoms with Crippen molar-refractivity contribution in [1.29, 1.82) is 0 Å². The van der Waals surface area contributed by atoms with Crippen LogP contribution in [0.5, 0.6) is 0 Å². The highest BCUT2D eigenvalue weighted by Crippen LogP contribution is 2.13. The number of nitrogens with zero attached hydrogens (tertiary/aromatic N) is 1. The maximum atomic E-state index is 5.61. The molecule has 0 aromatic heterocycles. The second-order valence-electron chi connectivity index (χ2n) is 4.88. The Morgan fingerprint density at radius 3 is 2.93 bits per heavy atom. The van der Waals surface area contributed by atoms with Gasteiger partial charge in [-0.15, -0.1) is 0 Å². The van der Waals surface area contributed by atoms with Gasteiger partial charge in [0.15, 0.2) is 0 Å². The van der Waals surface area contributed by atoms with Crippen molar-refractivity contribution < 1.29 is 4.74 Å². The van der Waals surface area contributed by atoms with E-state index < -0.39 is 0 Å². The Kier molecular flexibility index (Phi) is 6.22. The van der Waals surface area contributed by atoms with Gasteiger partial charge < -0.3 is 15.4 Å². The summed E-state index contributed by atoms with van der Waals surface area (Å²) >= 11 is 0. The number of rotatable bonds is 7. The van der Waals surface area contributed by atoms with Crippen molar-refractivity contribution in [3.05, 3.63) is 0 Å². The first-order valence-electron chi connectivity index (χ1n) is 6.22. The van der Waals surface area contributed by atoms with Crippen LogP contribution in [0.1, 0.15) is 32.6 Å². The zero-order valence-electron chi connectivity index (χ0n) is 10.2. The van der Waals surface area contributed by atoms with Gasteiger partial charge in [-0.25, -0.2) is 0 Å². The molecule has 0 amide bonds. The Bertz CT molecular complexity index is 158. The minimum Gasteiger partial charge on any atom is -0.377 e. The molecule has 0 saturated carbocycles. The van der Waals surface area contributed by atoms with E-state index in [2.05, 4.69) is 18.9 Å². The van der Waals surface area contributed by atoms with E-state index >= 15 is 0 Å². The van der Waals surface area contributed by atoms with E-state index in [0.717, 1.165) is 19.7 Å². The molecule has 0 bridgehead atoms. The summed E-state index contributed by atoms with van der Waals surface area (Å²) in [5.74, 6) is 0.668. The predicted octanol–water partition coefficient (Wildman–Crippen LogP) is 1.47. The van der Waals surface area contributed by atoms with Gasteiger partial charge in [-0.3, -0.25) is 0 Å². The molecule has 15 heavy (non-hydrogen) atoms. The Balaban J connectivity index is 2.00. The summed E-state index contributed by atoms with van der Waals surface area (Å²) in [5, 5.41) is 0. The Morgan fingerprint density at radius 2 is 2.33 bits per heavy atom. The van der Waals surface area contributed by atoms with E-state index in [1.165, 1.54) is 32.2 Å². The summed E-state index contributed by atoms with van der Waals surface area (Å²) in [7, 11) is 2.19. The van der Waals surface area contributed by atoms with Crippen LogP contribution < -0.4 is 5.73 Å². The van der Waals surface area contributed by atoms with Crippen LogP contribution in [0.15, 0.2) is 0 Å². The van der Waals surface area contributed by atoms with Gasteiger partial charge >= 0.3 is 0 Å². The molecular formula is C12H26N2O. The first-order valence-corrected chi connectivity index (χ1v) is 6.22. The third-order valence-electron chi connectivity index (χ3n) is 3.18. The molecule has 0 radical (unpaired) electrons. The molecular weight excluding hydrogens is 188 g/mol. The summed E-state index contributed by atoms with van der Waals surface area (Å²) in [5.41, 5.74) is 5.59. The standard InChI is InChI=1S/C12H26N2O/c1-11(9-13)5-3-7-14(2)10-12-6-4-8-15-12/h11-12H,3-10,13H2,1-2H3. The fourth-order valence-electron chi connectivity index (χ4n) is 2.05. The van der Waals surface area contributed by atoms with Crippen molar-refractivity contribution in [3.63, 3.8) is 0 Å². The van der Waals surface area contributed by atoms with E-state index in [1.54, 1.807) is 0 Å². The molecule has 1 fully saturated rings. The molecule has 1 rings (SSSR count). The third-order valence-corrected chi connectivity index (χ3v) is 3.18. The molecule has 2 atom stereocenters. The first kappa shape index (κ1) is 12.9. The summed E-state index contributed by atoms with van der Waals surface area (Å²) in [6, 6.07) is 0. The number of hydrogen-bond acceptors (Lipinski definition) is 3. The molecule has 2 unspecified atom stereocenters. The van der Waals surface area contributed by atoms with Crippen LogP contribution in [0.3, 0.4) is 0 Å². The lowest BCUT2D eigenvalue weighted by atomic mass is 10.1. The van der Waals surface area contributed by atoms with Crippen molar-refractivity contribution >= 4 is 0 Å².